The summed E-state index contributed by atoms with van der Waals surface area (Å²) in [6, 6.07) is 18.0. The predicted molar refractivity (Wildman–Crippen MR) is 233 cm³/mol. The molecule has 1 amide bonds. The lowest BCUT2D eigenvalue weighted by Gasteiger charge is -2.37. The van der Waals surface area contributed by atoms with Crippen LogP contribution < -0.4 is 5.56 Å². The lowest BCUT2D eigenvalue weighted by atomic mass is 9.85. The number of benzene rings is 3. The number of carbonyl (C=O) groups excluding carboxylic acids is 2. The number of nitrogens with zero attached hydrogens (tertiary/aromatic N) is 7. The maximum absolute atomic E-state index is 13.9. The number of aromatic nitrogens is 6. The normalized spacial score (nSPS) is 19.4. The van der Waals surface area contributed by atoms with E-state index in [4.69, 9.17) is 9.72 Å². The summed E-state index contributed by atoms with van der Waals surface area (Å²) in [6.45, 7) is 8.99. The standard InChI is InChI=1S/C48H46N7O8/c1-5-30-32-17-27(7-9-37(32)49-43-34(30)22-54-40(43)19-36-35(45(54)59)23-63-46(60)48(36,62)6-2)39-15-26(11-13-53(39)24-56)21-52-14-12-28-16-29(8-10-38(28)52)55-44(50-51-47(55)61)33-18-31(25(3)4)41(57)20-42(33)58/h7-10,12,14,16-20,25-26,39,57-58,62H,5-6,11,13,15,21-23H2,1-4H3,(H,51,61). The number of piperidine rings is 1. The molecule has 4 N–H and O–H groups in total. The van der Waals surface area contributed by atoms with Crippen LogP contribution in [0.25, 0.3) is 50.3 Å². The smallest absolute Gasteiger partial charge is 0.343 e. The highest BCUT2D eigenvalue weighted by molar-refractivity contribution is 5.90. The van der Waals surface area contributed by atoms with Crippen LogP contribution in [-0.2, 0) is 46.0 Å². The molecule has 7 aromatic rings. The second-order valence-electron chi connectivity index (χ2n) is 17.3. The number of hydrogen-bond donors (Lipinski definition) is 4. The van der Waals surface area contributed by atoms with Crippen molar-refractivity contribution >= 4 is 34.2 Å². The lowest BCUT2D eigenvalue weighted by Crippen LogP contribution is -2.44. The Morgan fingerprint density at radius 3 is 2.56 bits per heavy atom. The summed E-state index contributed by atoms with van der Waals surface area (Å²) in [7, 11) is 0. The Labute approximate surface area is 361 Å². The molecule has 0 bridgehead atoms. The number of hydrogen-bond acceptors (Lipinski definition) is 11. The monoisotopic (exact) mass is 848 g/mol. The number of aryl methyl sites for hydroxylation is 1. The van der Waals surface area contributed by atoms with E-state index < -0.39 is 11.6 Å². The van der Waals surface area contributed by atoms with Crippen LogP contribution in [0.4, 0.5) is 0 Å². The van der Waals surface area contributed by atoms with Gasteiger partial charge in [-0.3, -0.25) is 9.59 Å². The second-order valence-corrected chi connectivity index (χ2v) is 17.3. The molecule has 0 saturated carbocycles. The van der Waals surface area contributed by atoms with Gasteiger partial charge in [0.1, 0.15) is 18.1 Å². The van der Waals surface area contributed by atoms with Crippen LogP contribution in [0.15, 0.2) is 71.7 Å². The molecule has 7 heterocycles. The molecule has 3 aliphatic heterocycles. The number of cyclic esters (lactones) is 1. The maximum atomic E-state index is 13.9. The molecule has 0 spiro atoms. The van der Waals surface area contributed by atoms with Crippen molar-refractivity contribution in [1.82, 2.24) is 33.8 Å². The Hall–Kier alpha value is -7.00. The first-order valence-corrected chi connectivity index (χ1v) is 21.4. The number of phenolic OH excluding ortho intramolecular Hbond substituents is 2. The fraction of sp³-hybridized carbons (Fsp3) is 0.333. The number of likely N-dealkylation sites (tertiary alicyclic amines) is 1. The van der Waals surface area contributed by atoms with Crippen molar-refractivity contribution in [3.8, 4) is 46.0 Å². The van der Waals surface area contributed by atoms with Crippen molar-refractivity contribution in [3.05, 3.63) is 111 Å². The van der Waals surface area contributed by atoms with Gasteiger partial charge < -0.3 is 39.2 Å². The zero-order valence-corrected chi connectivity index (χ0v) is 35.3. The number of ether oxygens (including phenoxy) is 1. The minimum Gasteiger partial charge on any atom is -0.508 e. The Morgan fingerprint density at radius 1 is 0.968 bits per heavy atom. The van der Waals surface area contributed by atoms with Gasteiger partial charge in [0.25, 0.3) is 5.56 Å². The van der Waals surface area contributed by atoms with Gasteiger partial charge in [0.2, 0.25) is 0 Å². The quantitative estimate of drug-likeness (QED) is 0.114. The Balaban J connectivity index is 0.939. The van der Waals surface area contributed by atoms with Gasteiger partial charge in [0, 0.05) is 52.8 Å². The van der Waals surface area contributed by atoms with E-state index in [-0.39, 0.29) is 70.9 Å². The predicted octanol–water partition coefficient (Wildman–Crippen LogP) is 6.61. The molecule has 3 unspecified atom stereocenters. The minimum atomic E-state index is -1.91. The maximum Gasteiger partial charge on any atom is 0.343 e. The molecule has 63 heavy (non-hydrogen) atoms. The number of rotatable bonds is 9. The average molecular weight is 849 g/mol. The summed E-state index contributed by atoms with van der Waals surface area (Å²) in [5.74, 6) is -0.539. The number of phenols is 2. The fourth-order valence-corrected chi connectivity index (χ4v) is 10.1. The topological polar surface area (TPSA) is 198 Å². The molecular weight excluding hydrogens is 803 g/mol. The Kier molecular flexibility index (Phi) is 9.44. The average Bonchev–Trinajstić information content (AvgIpc) is 3.98. The highest BCUT2D eigenvalue weighted by atomic mass is 16.6. The third kappa shape index (κ3) is 6.19. The number of esters is 1. The third-order valence-corrected chi connectivity index (χ3v) is 13.5. The first kappa shape index (κ1) is 40.1. The largest absolute Gasteiger partial charge is 0.508 e. The van der Waals surface area contributed by atoms with Crippen LogP contribution in [0.3, 0.4) is 0 Å². The number of fused-ring (bicyclic) bond motifs is 6. The van der Waals surface area contributed by atoms with Gasteiger partial charge in [-0.15, -0.1) is 5.10 Å². The molecule has 3 aromatic carbocycles. The van der Waals surface area contributed by atoms with E-state index in [1.165, 1.54) is 10.6 Å². The molecular formula is C48H46N7O8. The van der Waals surface area contributed by atoms with E-state index >= 15 is 0 Å². The first-order chi connectivity index (χ1) is 30.3. The van der Waals surface area contributed by atoms with Crippen molar-refractivity contribution < 1.29 is 34.8 Å². The molecule has 321 valence electrons. The molecule has 0 aliphatic carbocycles. The van der Waals surface area contributed by atoms with E-state index in [0.717, 1.165) is 44.9 Å². The molecule has 15 nitrogen and oxygen atoms in total. The van der Waals surface area contributed by atoms with Crippen molar-refractivity contribution in [1.29, 1.82) is 0 Å². The zero-order chi connectivity index (χ0) is 44.1. The van der Waals surface area contributed by atoms with Gasteiger partial charge >= 0.3 is 18.4 Å². The summed E-state index contributed by atoms with van der Waals surface area (Å²) in [5, 5.41) is 53.4. The van der Waals surface area contributed by atoms with Gasteiger partial charge in [0.15, 0.2) is 11.4 Å². The zero-order valence-electron chi connectivity index (χ0n) is 35.3. The van der Waals surface area contributed by atoms with Crippen molar-refractivity contribution in [3.63, 3.8) is 0 Å². The summed E-state index contributed by atoms with van der Waals surface area (Å²) in [5.41, 5.74) is 5.82. The summed E-state index contributed by atoms with van der Waals surface area (Å²) < 4.78 is 10.6. The fourth-order valence-electron chi connectivity index (χ4n) is 10.1. The summed E-state index contributed by atoms with van der Waals surface area (Å²) in [6.07, 6.45) is 6.48. The van der Waals surface area contributed by atoms with Gasteiger partial charge in [-0.1, -0.05) is 38.9 Å². The van der Waals surface area contributed by atoms with Crippen LogP contribution >= 0.6 is 0 Å². The molecule has 1 radical (unpaired) electrons. The van der Waals surface area contributed by atoms with Crippen molar-refractivity contribution in [2.24, 2.45) is 5.92 Å². The van der Waals surface area contributed by atoms with E-state index in [1.807, 2.05) is 56.4 Å². The van der Waals surface area contributed by atoms with Gasteiger partial charge in [0.05, 0.1) is 46.3 Å². The number of amides is 1. The molecule has 1 saturated heterocycles. The van der Waals surface area contributed by atoms with Crippen LogP contribution in [0, 0.1) is 5.92 Å². The Bertz CT molecular complexity index is 3110. The molecule has 15 heteroatoms. The summed E-state index contributed by atoms with van der Waals surface area (Å²) in [4.78, 5) is 45.8. The number of pyridine rings is 2. The number of carbonyl (C=O) groups is 1. The number of aromatic hydroxyl groups is 3. The van der Waals surface area contributed by atoms with Gasteiger partial charge in [-0.05, 0) is 103 Å². The van der Waals surface area contributed by atoms with E-state index in [0.29, 0.717) is 60.7 Å². The summed E-state index contributed by atoms with van der Waals surface area (Å²) >= 11 is 0. The molecule has 1 fully saturated rings. The minimum absolute atomic E-state index is 0.0236. The second kappa shape index (κ2) is 14.8. The first-order valence-electron chi connectivity index (χ1n) is 21.4. The van der Waals surface area contributed by atoms with Gasteiger partial charge in [-0.2, -0.15) is 0 Å². The van der Waals surface area contributed by atoms with Crippen LogP contribution in [0.2, 0.25) is 0 Å². The van der Waals surface area contributed by atoms with Crippen molar-refractivity contribution in [2.45, 2.75) is 90.6 Å². The van der Waals surface area contributed by atoms with E-state index in [9.17, 15) is 34.8 Å². The molecule has 3 atom stereocenters. The van der Waals surface area contributed by atoms with E-state index in [1.54, 1.807) is 28.5 Å². The molecule has 4 aromatic heterocycles. The van der Waals surface area contributed by atoms with E-state index in [2.05, 4.69) is 34.2 Å². The van der Waals surface area contributed by atoms with Crippen molar-refractivity contribution in [2.75, 3.05) is 6.54 Å². The van der Waals surface area contributed by atoms with Crippen LogP contribution in [0.5, 0.6) is 17.5 Å². The highest BCUT2D eigenvalue weighted by Crippen LogP contribution is 2.43. The number of aliphatic hydroxyl groups is 1. The Morgan fingerprint density at radius 2 is 1.79 bits per heavy atom. The third-order valence-electron chi connectivity index (χ3n) is 13.5. The van der Waals surface area contributed by atoms with Crippen LogP contribution in [-0.4, -0.2) is 73.1 Å². The molecule has 10 rings (SSSR count). The SMILES string of the molecule is CCc1c2c(nc3ccc(C4CC(Cn5ccc6cc(-n7c(O)nnc7-c7cc(C(C)C)c(O)cc7O)ccc65)CCN4[C]=O)cc13)-c1cc3c(c(=O)n1C2)COC(=O)C3(O)CC. The van der Waals surface area contributed by atoms with Gasteiger partial charge in [-0.25, -0.2) is 14.3 Å². The molecule has 3 aliphatic rings. The lowest BCUT2D eigenvalue weighted by molar-refractivity contribution is -0.172. The highest BCUT2D eigenvalue weighted by Gasteiger charge is 2.45. The van der Waals surface area contributed by atoms with Crippen LogP contribution in [0.1, 0.15) is 92.3 Å².